The zero-order valence-corrected chi connectivity index (χ0v) is 16.8. The maximum Gasteiger partial charge on any atom is 0.341 e. The second-order valence-corrected chi connectivity index (χ2v) is 7.13. The minimum Gasteiger partial charge on any atom is -0.452 e. The van der Waals surface area contributed by atoms with Crippen LogP contribution in [0.1, 0.15) is 23.2 Å². The summed E-state index contributed by atoms with van der Waals surface area (Å²) < 4.78 is 5.02. The maximum atomic E-state index is 12.6. The van der Waals surface area contributed by atoms with E-state index in [1.54, 1.807) is 0 Å². The van der Waals surface area contributed by atoms with Gasteiger partial charge in [-0.05, 0) is 31.0 Å². The Morgan fingerprint density at radius 1 is 1.06 bits per heavy atom. The molecule has 0 aromatic heterocycles. The number of nitro groups is 2. The molecule has 31 heavy (non-hydrogen) atoms. The lowest BCUT2D eigenvalue weighted by molar-refractivity contribution is -0.384. The van der Waals surface area contributed by atoms with Crippen molar-refractivity contribution in [1.29, 1.82) is 0 Å². The van der Waals surface area contributed by atoms with E-state index in [-0.39, 0.29) is 22.0 Å². The van der Waals surface area contributed by atoms with Gasteiger partial charge in [-0.2, -0.15) is 0 Å². The first-order valence-electron chi connectivity index (χ1n) is 9.20. The number of esters is 1. The number of carbonyl (C=O) groups excluding carboxylic acids is 2. The molecule has 1 heterocycles. The smallest absolute Gasteiger partial charge is 0.341 e. The van der Waals surface area contributed by atoms with Crippen LogP contribution in [0, 0.1) is 20.2 Å². The van der Waals surface area contributed by atoms with Crippen molar-refractivity contribution >= 4 is 46.2 Å². The first-order valence-corrected chi connectivity index (χ1v) is 9.58. The predicted octanol–water partition coefficient (Wildman–Crippen LogP) is 3.55. The van der Waals surface area contributed by atoms with Gasteiger partial charge in [0.25, 0.3) is 17.3 Å². The Morgan fingerprint density at radius 2 is 1.77 bits per heavy atom. The highest BCUT2D eigenvalue weighted by Crippen LogP contribution is 2.30. The molecule has 2 aromatic rings. The number of nitro benzene ring substituents is 2. The molecule has 0 bridgehead atoms. The molecule has 0 saturated carbocycles. The molecular formula is C19H17ClN4O7. The van der Waals surface area contributed by atoms with Crippen molar-refractivity contribution in [2.75, 3.05) is 29.9 Å². The van der Waals surface area contributed by atoms with E-state index >= 15 is 0 Å². The maximum absolute atomic E-state index is 12.6. The van der Waals surface area contributed by atoms with Gasteiger partial charge in [0.2, 0.25) is 0 Å². The fourth-order valence-corrected chi connectivity index (χ4v) is 3.36. The fraction of sp³-hybridized carbons (Fsp3) is 0.263. The quantitative estimate of drug-likeness (QED) is 0.384. The molecule has 1 N–H and O–H groups in total. The Kier molecular flexibility index (Phi) is 6.65. The van der Waals surface area contributed by atoms with Gasteiger partial charge in [0.05, 0.1) is 21.1 Å². The van der Waals surface area contributed by atoms with Gasteiger partial charge in [0.1, 0.15) is 5.69 Å². The van der Waals surface area contributed by atoms with Gasteiger partial charge in [0, 0.05) is 36.3 Å². The normalized spacial score (nSPS) is 13.0. The first-order chi connectivity index (χ1) is 14.8. The zero-order valence-electron chi connectivity index (χ0n) is 16.1. The van der Waals surface area contributed by atoms with Crippen LogP contribution in [0.5, 0.6) is 0 Å². The number of nitrogens with one attached hydrogen (secondary N) is 1. The van der Waals surface area contributed by atoms with Crippen LogP contribution in [0.3, 0.4) is 0 Å². The number of amides is 1. The molecule has 1 fully saturated rings. The Morgan fingerprint density at radius 3 is 2.42 bits per heavy atom. The third kappa shape index (κ3) is 5.25. The Hall–Kier alpha value is -3.73. The highest BCUT2D eigenvalue weighted by Gasteiger charge is 2.24. The number of hydrogen-bond donors (Lipinski definition) is 1. The highest BCUT2D eigenvalue weighted by molar-refractivity contribution is 6.31. The van der Waals surface area contributed by atoms with Crippen molar-refractivity contribution in [1.82, 2.24) is 0 Å². The highest BCUT2D eigenvalue weighted by atomic mass is 35.5. The van der Waals surface area contributed by atoms with E-state index in [2.05, 4.69) is 5.32 Å². The standard InChI is InChI=1S/C19H17ClN4O7/c20-12-3-5-15(17(9-12)24(29)30)21-18(25)11-31-19(26)14-10-13(23(27)28)4-6-16(14)22-7-1-2-8-22/h3-6,9-10H,1-2,7-8,11H2,(H,21,25). The number of anilines is 2. The topological polar surface area (TPSA) is 145 Å². The number of carbonyl (C=O) groups is 2. The molecule has 2 aromatic carbocycles. The molecule has 3 rings (SSSR count). The van der Waals surface area contributed by atoms with Crippen molar-refractivity contribution in [3.8, 4) is 0 Å². The van der Waals surface area contributed by atoms with Gasteiger partial charge >= 0.3 is 5.97 Å². The third-order valence-electron chi connectivity index (χ3n) is 4.62. The number of nitrogens with zero attached hydrogens (tertiary/aromatic N) is 3. The van der Waals surface area contributed by atoms with Gasteiger partial charge < -0.3 is 15.0 Å². The predicted molar refractivity (Wildman–Crippen MR) is 112 cm³/mol. The lowest BCUT2D eigenvalue weighted by atomic mass is 10.1. The van der Waals surface area contributed by atoms with Crippen molar-refractivity contribution in [3.63, 3.8) is 0 Å². The Bertz CT molecular complexity index is 1050. The minimum atomic E-state index is -0.911. The monoisotopic (exact) mass is 448 g/mol. The number of ether oxygens (including phenoxy) is 1. The Balaban J connectivity index is 1.73. The van der Waals surface area contributed by atoms with E-state index in [4.69, 9.17) is 16.3 Å². The lowest BCUT2D eigenvalue weighted by Crippen LogP contribution is -2.24. The summed E-state index contributed by atoms with van der Waals surface area (Å²) in [5, 5.41) is 24.6. The molecule has 0 spiro atoms. The summed E-state index contributed by atoms with van der Waals surface area (Å²) in [5.41, 5.74) is -0.343. The molecule has 1 aliphatic rings. The van der Waals surface area contributed by atoms with Gasteiger partial charge in [-0.15, -0.1) is 0 Å². The van der Waals surface area contributed by atoms with Crippen LogP contribution in [0.25, 0.3) is 0 Å². The van der Waals surface area contributed by atoms with Crippen molar-refractivity contribution in [2.45, 2.75) is 12.8 Å². The van der Waals surface area contributed by atoms with Crippen molar-refractivity contribution in [2.24, 2.45) is 0 Å². The van der Waals surface area contributed by atoms with E-state index < -0.39 is 34.0 Å². The van der Waals surface area contributed by atoms with E-state index in [0.29, 0.717) is 18.8 Å². The summed E-state index contributed by atoms with van der Waals surface area (Å²) in [6.45, 7) is 0.651. The largest absolute Gasteiger partial charge is 0.452 e. The molecule has 0 atom stereocenters. The average Bonchev–Trinajstić information content (AvgIpc) is 3.27. The number of non-ortho nitro benzene ring substituents is 1. The summed E-state index contributed by atoms with van der Waals surface area (Å²) in [5.74, 6) is -1.72. The molecule has 12 heteroatoms. The molecule has 0 radical (unpaired) electrons. The average molecular weight is 449 g/mol. The van der Waals surface area contributed by atoms with Crippen LogP contribution in [0.4, 0.5) is 22.7 Å². The van der Waals surface area contributed by atoms with E-state index in [9.17, 15) is 29.8 Å². The first kappa shape index (κ1) is 22.0. The number of benzene rings is 2. The summed E-state index contributed by atoms with van der Waals surface area (Å²) in [7, 11) is 0. The lowest BCUT2D eigenvalue weighted by Gasteiger charge is -2.20. The van der Waals surface area contributed by atoms with Crippen molar-refractivity contribution < 1.29 is 24.2 Å². The molecule has 1 saturated heterocycles. The molecular weight excluding hydrogens is 432 g/mol. The second kappa shape index (κ2) is 9.39. The summed E-state index contributed by atoms with van der Waals surface area (Å²) >= 11 is 5.73. The molecule has 11 nitrogen and oxygen atoms in total. The summed E-state index contributed by atoms with van der Waals surface area (Å²) in [6, 6.07) is 7.59. The Labute approximate surface area is 180 Å². The van der Waals surface area contributed by atoms with E-state index in [1.807, 2.05) is 4.90 Å². The van der Waals surface area contributed by atoms with Crippen LogP contribution in [-0.2, 0) is 9.53 Å². The van der Waals surface area contributed by atoms with Gasteiger partial charge in [-0.1, -0.05) is 11.6 Å². The van der Waals surface area contributed by atoms with Gasteiger partial charge in [-0.3, -0.25) is 25.0 Å². The second-order valence-electron chi connectivity index (χ2n) is 6.70. The van der Waals surface area contributed by atoms with Crippen molar-refractivity contribution in [3.05, 3.63) is 67.2 Å². The molecule has 162 valence electrons. The minimum absolute atomic E-state index is 0.0265. The van der Waals surface area contributed by atoms with Gasteiger partial charge in [-0.25, -0.2) is 4.79 Å². The van der Waals surface area contributed by atoms with E-state index in [1.165, 1.54) is 24.3 Å². The van der Waals surface area contributed by atoms with Crippen LogP contribution in [0.15, 0.2) is 36.4 Å². The van der Waals surface area contributed by atoms with Crippen LogP contribution in [0.2, 0.25) is 5.02 Å². The molecule has 0 unspecified atom stereocenters. The molecule has 1 amide bonds. The summed E-state index contributed by atoms with van der Waals surface area (Å²) in [6.07, 6.45) is 1.85. The van der Waals surface area contributed by atoms with Crippen LogP contribution >= 0.6 is 11.6 Å². The zero-order chi connectivity index (χ0) is 22.5. The SMILES string of the molecule is O=C(COC(=O)c1cc([N+](=O)[O-])ccc1N1CCCC1)Nc1ccc(Cl)cc1[N+](=O)[O-]. The van der Waals surface area contributed by atoms with Crippen LogP contribution in [-0.4, -0.2) is 41.4 Å². The third-order valence-corrected chi connectivity index (χ3v) is 4.86. The van der Waals surface area contributed by atoms with Crippen LogP contribution < -0.4 is 10.2 Å². The number of halogens is 1. The number of rotatable bonds is 7. The summed E-state index contributed by atoms with van der Waals surface area (Å²) in [4.78, 5) is 47.5. The van der Waals surface area contributed by atoms with E-state index in [0.717, 1.165) is 25.0 Å². The van der Waals surface area contributed by atoms with Gasteiger partial charge in [0.15, 0.2) is 6.61 Å². The molecule has 0 aliphatic carbocycles. The fourth-order valence-electron chi connectivity index (χ4n) is 3.19. The molecule has 1 aliphatic heterocycles. The number of hydrogen-bond acceptors (Lipinski definition) is 8.